The van der Waals surface area contributed by atoms with E-state index in [-0.39, 0.29) is 31.9 Å². The third-order valence-electron chi connectivity index (χ3n) is 2.22. The molecule has 94 valence electrons. The highest BCUT2D eigenvalue weighted by molar-refractivity contribution is 5.88. The van der Waals surface area contributed by atoms with Gasteiger partial charge in [-0.15, -0.1) is 0 Å². The van der Waals surface area contributed by atoms with E-state index >= 15 is 0 Å². The predicted molar refractivity (Wildman–Crippen MR) is 60.1 cm³/mol. The van der Waals surface area contributed by atoms with Crippen LogP contribution in [0.25, 0.3) is 0 Å². The van der Waals surface area contributed by atoms with E-state index in [1.807, 2.05) is 0 Å². The fraction of sp³-hybridized carbons (Fsp3) is 0.500. The van der Waals surface area contributed by atoms with Gasteiger partial charge in [0.15, 0.2) is 0 Å². The molecule has 0 fully saturated rings. The predicted octanol–water partition coefficient (Wildman–Crippen LogP) is -0.726. The average Bonchev–Trinajstić information content (AvgIpc) is 2.28. The molecule has 0 aromatic carbocycles. The fourth-order valence-corrected chi connectivity index (χ4v) is 1.37. The average molecular weight is 241 g/mol. The molecule has 0 bridgehead atoms. The molecule has 3 N–H and O–H groups in total. The Hall–Kier alpha value is -1.73. The van der Waals surface area contributed by atoms with Crippen LogP contribution >= 0.6 is 0 Å². The highest BCUT2D eigenvalue weighted by atomic mass is 16.4. The molecule has 0 saturated carbocycles. The standard InChI is InChI=1S/C10H15N3O4/c1-7-8(9(16)17)6-11-10(12-7)13(2-4-14)3-5-15/h6,14-15H,2-5H2,1H3,(H,16,17). The Labute approximate surface area is 98.4 Å². The van der Waals surface area contributed by atoms with Crippen molar-refractivity contribution in [2.45, 2.75) is 6.92 Å². The minimum Gasteiger partial charge on any atom is -0.478 e. The lowest BCUT2D eigenvalue weighted by Crippen LogP contribution is -2.31. The number of rotatable bonds is 6. The number of hydrogen-bond acceptors (Lipinski definition) is 6. The third-order valence-corrected chi connectivity index (χ3v) is 2.22. The number of aromatic carboxylic acids is 1. The topological polar surface area (TPSA) is 107 Å². The van der Waals surface area contributed by atoms with Gasteiger partial charge >= 0.3 is 5.97 Å². The molecule has 1 aromatic rings. The molecule has 0 aliphatic rings. The van der Waals surface area contributed by atoms with Gasteiger partial charge in [0.25, 0.3) is 0 Å². The van der Waals surface area contributed by atoms with Gasteiger partial charge in [0.1, 0.15) is 0 Å². The van der Waals surface area contributed by atoms with Crippen molar-refractivity contribution in [1.82, 2.24) is 9.97 Å². The van der Waals surface area contributed by atoms with Crippen molar-refractivity contribution in [2.24, 2.45) is 0 Å². The summed E-state index contributed by atoms with van der Waals surface area (Å²) in [6.45, 7) is 1.95. The molecule has 0 atom stereocenters. The first-order valence-corrected chi connectivity index (χ1v) is 5.13. The summed E-state index contributed by atoms with van der Waals surface area (Å²) in [5.74, 6) is -0.777. The second kappa shape index (κ2) is 6.12. The molecule has 17 heavy (non-hydrogen) atoms. The van der Waals surface area contributed by atoms with Crippen LogP contribution in [0.4, 0.5) is 5.95 Å². The highest BCUT2D eigenvalue weighted by Crippen LogP contribution is 2.10. The Balaban J connectivity index is 2.97. The van der Waals surface area contributed by atoms with Gasteiger partial charge in [-0.05, 0) is 6.92 Å². The molecule has 0 aliphatic carbocycles. The van der Waals surface area contributed by atoms with Crippen LogP contribution in [0.2, 0.25) is 0 Å². The summed E-state index contributed by atoms with van der Waals surface area (Å²) in [7, 11) is 0. The van der Waals surface area contributed by atoms with Crippen LogP contribution in [0.5, 0.6) is 0 Å². The van der Waals surface area contributed by atoms with Crippen LogP contribution in [0.3, 0.4) is 0 Å². The van der Waals surface area contributed by atoms with E-state index in [2.05, 4.69) is 9.97 Å². The van der Waals surface area contributed by atoms with Crippen molar-refractivity contribution < 1.29 is 20.1 Å². The molecule has 7 nitrogen and oxygen atoms in total. The van der Waals surface area contributed by atoms with Gasteiger partial charge in [0, 0.05) is 19.3 Å². The van der Waals surface area contributed by atoms with Gasteiger partial charge in [0.05, 0.1) is 24.5 Å². The van der Waals surface area contributed by atoms with E-state index in [0.29, 0.717) is 11.6 Å². The minimum absolute atomic E-state index is 0.0432. The van der Waals surface area contributed by atoms with E-state index in [0.717, 1.165) is 0 Å². The Kier molecular flexibility index (Phi) is 4.80. The van der Waals surface area contributed by atoms with Crippen molar-refractivity contribution in [3.8, 4) is 0 Å². The number of carboxylic acids is 1. The number of carbonyl (C=O) groups is 1. The van der Waals surface area contributed by atoms with E-state index in [1.54, 1.807) is 11.8 Å². The molecule has 0 saturated heterocycles. The molecule has 1 rings (SSSR count). The zero-order valence-electron chi connectivity index (χ0n) is 9.50. The van der Waals surface area contributed by atoms with Gasteiger partial charge in [-0.25, -0.2) is 14.8 Å². The maximum Gasteiger partial charge on any atom is 0.339 e. The van der Waals surface area contributed by atoms with E-state index in [1.165, 1.54) is 6.20 Å². The summed E-state index contributed by atoms with van der Waals surface area (Å²) in [6, 6.07) is 0. The van der Waals surface area contributed by atoms with Crippen molar-refractivity contribution in [3.05, 3.63) is 17.5 Å². The molecule has 0 spiro atoms. The number of aliphatic hydroxyl groups is 2. The van der Waals surface area contributed by atoms with Gasteiger partial charge in [-0.2, -0.15) is 0 Å². The number of aryl methyl sites for hydroxylation is 1. The quantitative estimate of drug-likeness (QED) is 0.603. The second-order valence-electron chi connectivity index (χ2n) is 3.41. The maximum atomic E-state index is 10.8. The lowest BCUT2D eigenvalue weighted by Gasteiger charge is -2.20. The van der Waals surface area contributed by atoms with Crippen molar-refractivity contribution in [1.29, 1.82) is 0 Å². The lowest BCUT2D eigenvalue weighted by molar-refractivity contribution is 0.0695. The van der Waals surface area contributed by atoms with Gasteiger partial charge in [-0.3, -0.25) is 0 Å². The molecule has 0 radical (unpaired) electrons. The summed E-state index contributed by atoms with van der Waals surface area (Å²) in [5, 5.41) is 26.6. The first-order chi connectivity index (χ1) is 8.10. The molecule has 1 aromatic heterocycles. The van der Waals surface area contributed by atoms with Gasteiger partial charge < -0.3 is 20.2 Å². The van der Waals surface area contributed by atoms with E-state index < -0.39 is 5.97 Å². The Morgan fingerprint density at radius 1 is 1.35 bits per heavy atom. The first kappa shape index (κ1) is 13.3. The summed E-state index contributed by atoms with van der Waals surface area (Å²) in [5.41, 5.74) is 0.394. The number of anilines is 1. The van der Waals surface area contributed by atoms with E-state index in [4.69, 9.17) is 15.3 Å². The number of aliphatic hydroxyl groups excluding tert-OH is 2. The van der Waals surface area contributed by atoms with Crippen LogP contribution in [0.1, 0.15) is 16.1 Å². The van der Waals surface area contributed by atoms with Gasteiger partial charge in [-0.1, -0.05) is 0 Å². The second-order valence-corrected chi connectivity index (χ2v) is 3.41. The first-order valence-electron chi connectivity index (χ1n) is 5.13. The molecule has 7 heteroatoms. The fourth-order valence-electron chi connectivity index (χ4n) is 1.37. The summed E-state index contributed by atoms with van der Waals surface area (Å²) >= 11 is 0. The van der Waals surface area contributed by atoms with Crippen molar-refractivity contribution in [3.63, 3.8) is 0 Å². The monoisotopic (exact) mass is 241 g/mol. The molecular formula is C10H15N3O4. The number of nitrogens with zero attached hydrogens (tertiary/aromatic N) is 3. The zero-order valence-corrected chi connectivity index (χ0v) is 9.50. The van der Waals surface area contributed by atoms with Crippen molar-refractivity contribution >= 4 is 11.9 Å². The van der Waals surface area contributed by atoms with Crippen LogP contribution in [0.15, 0.2) is 6.20 Å². The lowest BCUT2D eigenvalue weighted by atomic mass is 10.2. The van der Waals surface area contributed by atoms with E-state index in [9.17, 15) is 4.79 Å². The van der Waals surface area contributed by atoms with Gasteiger partial charge in [0.2, 0.25) is 5.95 Å². The SMILES string of the molecule is Cc1nc(N(CCO)CCO)ncc1C(=O)O. The number of aromatic nitrogens is 2. The highest BCUT2D eigenvalue weighted by Gasteiger charge is 2.13. The molecular weight excluding hydrogens is 226 g/mol. The van der Waals surface area contributed by atoms with Crippen LogP contribution < -0.4 is 4.90 Å². The Morgan fingerprint density at radius 3 is 2.35 bits per heavy atom. The largest absolute Gasteiger partial charge is 0.478 e. The summed E-state index contributed by atoms with van der Waals surface area (Å²) in [6.07, 6.45) is 1.22. The normalized spacial score (nSPS) is 10.3. The smallest absolute Gasteiger partial charge is 0.339 e. The van der Waals surface area contributed by atoms with Crippen LogP contribution in [0, 0.1) is 6.92 Å². The maximum absolute atomic E-state index is 10.8. The minimum atomic E-state index is -1.08. The molecule has 0 aliphatic heterocycles. The Bertz CT molecular complexity index is 391. The zero-order chi connectivity index (χ0) is 12.8. The number of carboxylic acid groups (broad SMARTS) is 1. The van der Waals surface area contributed by atoms with Crippen molar-refractivity contribution in [2.75, 3.05) is 31.2 Å². The van der Waals surface area contributed by atoms with Crippen LogP contribution in [-0.4, -0.2) is 57.6 Å². The Morgan fingerprint density at radius 2 is 1.94 bits per heavy atom. The number of hydrogen-bond donors (Lipinski definition) is 3. The molecule has 1 heterocycles. The third kappa shape index (κ3) is 3.36. The molecule has 0 unspecified atom stereocenters. The van der Waals surface area contributed by atoms with Crippen LogP contribution in [-0.2, 0) is 0 Å². The summed E-state index contributed by atoms with van der Waals surface area (Å²) < 4.78 is 0. The molecule has 0 amide bonds. The summed E-state index contributed by atoms with van der Waals surface area (Å²) in [4.78, 5) is 20.3.